The van der Waals surface area contributed by atoms with E-state index in [1.165, 1.54) is 12.1 Å². The number of halogens is 2. The van der Waals surface area contributed by atoms with Crippen molar-refractivity contribution in [3.63, 3.8) is 0 Å². The maximum atomic E-state index is 13.6. The van der Waals surface area contributed by atoms with Gasteiger partial charge in [-0.15, -0.1) is 0 Å². The first-order chi connectivity index (χ1) is 7.26. The number of aliphatic carboxylic acids is 1. The van der Waals surface area contributed by atoms with Crippen molar-refractivity contribution < 1.29 is 14.3 Å². The van der Waals surface area contributed by atoms with E-state index in [4.69, 9.17) is 22.4 Å². The first-order valence-corrected chi connectivity index (χ1v) is 5.08. The lowest BCUT2D eigenvalue weighted by atomic mass is 9.78. The second-order valence-electron chi connectivity index (χ2n) is 4.16. The fraction of sp³-hybridized carbons (Fsp3) is 0.364. The molecule has 0 amide bonds. The van der Waals surface area contributed by atoms with Crippen molar-refractivity contribution in [2.45, 2.75) is 25.3 Å². The molecule has 1 aromatic rings. The van der Waals surface area contributed by atoms with Gasteiger partial charge in [-0.2, -0.15) is 0 Å². The van der Waals surface area contributed by atoms with Crippen LogP contribution >= 0.6 is 11.6 Å². The third-order valence-electron chi connectivity index (χ3n) is 2.67. The van der Waals surface area contributed by atoms with Crippen LogP contribution in [0.15, 0.2) is 18.2 Å². The Balaban J connectivity index is 3.21. The zero-order chi connectivity index (χ0) is 12.5. The van der Waals surface area contributed by atoms with Gasteiger partial charge in [0.1, 0.15) is 11.9 Å². The molecule has 1 rings (SSSR count). The molecule has 0 fully saturated rings. The molecule has 5 heteroatoms. The number of carboxylic acid groups (broad SMARTS) is 1. The molecular weight excluding hydrogens is 233 g/mol. The van der Waals surface area contributed by atoms with Crippen LogP contribution in [0, 0.1) is 5.82 Å². The van der Waals surface area contributed by atoms with E-state index in [0.717, 1.165) is 6.07 Å². The second kappa shape index (κ2) is 4.39. The predicted molar refractivity (Wildman–Crippen MR) is 60.0 cm³/mol. The van der Waals surface area contributed by atoms with E-state index in [2.05, 4.69) is 0 Å². The van der Waals surface area contributed by atoms with Gasteiger partial charge >= 0.3 is 5.97 Å². The molecule has 0 heterocycles. The molecular formula is C11H13ClFNO2. The van der Waals surface area contributed by atoms with Crippen LogP contribution in [0.25, 0.3) is 0 Å². The minimum atomic E-state index is -1.18. The average Bonchev–Trinajstić information content (AvgIpc) is 2.15. The van der Waals surface area contributed by atoms with E-state index in [1.807, 2.05) is 0 Å². The number of carbonyl (C=O) groups is 1. The van der Waals surface area contributed by atoms with Gasteiger partial charge in [-0.1, -0.05) is 31.5 Å². The third kappa shape index (κ3) is 2.33. The number of hydrogen-bond acceptors (Lipinski definition) is 2. The minimum Gasteiger partial charge on any atom is -0.480 e. The molecule has 1 unspecified atom stereocenters. The Labute approximate surface area is 98.0 Å². The molecule has 3 N–H and O–H groups in total. The highest BCUT2D eigenvalue weighted by Gasteiger charge is 2.35. The van der Waals surface area contributed by atoms with Crippen molar-refractivity contribution in [1.82, 2.24) is 0 Å². The molecule has 0 radical (unpaired) electrons. The number of benzene rings is 1. The van der Waals surface area contributed by atoms with Crippen LogP contribution < -0.4 is 5.73 Å². The Morgan fingerprint density at radius 3 is 2.56 bits per heavy atom. The van der Waals surface area contributed by atoms with Crippen LogP contribution in [-0.2, 0) is 10.2 Å². The zero-order valence-corrected chi connectivity index (χ0v) is 9.75. The SMILES string of the molecule is CC(C)(c1ccc(Cl)cc1F)C(N)C(=O)O. The molecule has 0 spiro atoms. The van der Waals surface area contributed by atoms with Crippen molar-refractivity contribution in [2.24, 2.45) is 5.73 Å². The summed E-state index contributed by atoms with van der Waals surface area (Å²) in [5, 5.41) is 9.12. The van der Waals surface area contributed by atoms with Gasteiger partial charge in [0, 0.05) is 10.4 Å². The van der Waals surface area contributed by atoms with Crippen LogP contribution in [0.4, 0.5) is 4.39 Å². The van der Waals surface area contributed by atoms with Crippen LogP contribution in [0.2, 0.25) is 5.02 Å². The number of carboxylic acids is 1. The topological polar surface area (TPSA) is 63.3 Å². The van der Waals surface area contributed by atoms with E-state index in [9.17, 15) is 9.18 Å². The average molecular weight is 246 g/mol. The molecule has 1 aromatic carbocycles. The zero-order valence-electron chi connectivity index (χ0n) is 9.00. The molecule has 0 saturated heterocycles. The summed E-state index contributed by atoms with van der Waals surface area (Å²) in [6.07, 6.45) is 0. The molecule has 0 saturated carbocycles. The Morgan fingerprint density at radius 1 is 1.56 bits per heavy atom. The lowest BCUT2D eigenvalue weighted by Crippen LogP contribution is -2.47. The molecule has 3 nitrogen and oxygen atoms in total. The highest BCUT2D eigenvalue weighted by Crippen LogP contribution is 2.30. The summed E-state index contributed by atoms with van der Waals surface area (Å²) in [4.78, 5) is 10.8. The monoisotopic (exact) mass is 245 g/mol. The first kappa shape index (κ1) is 12.9. The minimum absolute atomic E-state index is 0.242. The van der Waals surface area contributed by atoms with E-state index in [-0.39, 0.29) is 10.6 Å². The van der Waals surface area contributed by atoms with E-state index in [1.54, 1.807) is 13.8 Å². The third-order valence-corrected chi connectivity index (χ3v) is 2.90. The molecule has 0 bridgehead atoms. The number of hydrogen-bond donors (Lipinski definition) is 2. The van der Waals surface area contributed by atoms with Crippen molar-refractivity contribution in [2.75, 3.05) is 0 Å². The van der Waals surface area contributed by atoms with Crippen LogP contribution in [0.3, 0.4) is 0 Å². The lowest BCUT2D eigenvalue weighted by Gasteiger charge is -2.29. The number of rotatable bonds is 3. The summed E-state index contributed by atoms with van der Waals surface area (Å²) in [6, 6.07) is 2.94. The fourth-order valence-corrected chi connectivity index (χ4v) is 1.65. The summed E-state index contributed by atoms with van der Waals surface area (Å²) in [7, 11) is 0. The summed E-state index contributed by atoms with van der Waals surface area (Å²) in [5.74, 6) is -1.71. The van der Waals surface area contributed by atoms with Crippen LogP contribution in [-0.4, -0.2) is 17.1 Å². The van der Waals surface area contributed by atoms with E-state index < -0.39 is 23.2 Å². The summed E-state index contributed by atoms with van der Waals surface area (Å²) in [6.45, 7) is 3.16. The normalized spacial score (nSPS) is 13.6. The maximum Gasteiger partial charge on any atom is 0.321 e. The lowest BCUT2D eigenvalue weighted by molar-refractivity contribution is -0.140. The van der Waals surface area contributed by atoms with Gasteiger partial charge in [-0.05, 0) is 17.7 Å². The van der Waals surface area contributed by atoms with Crippen molar-refractivity contribution in [3.05, 3.63) is 34.6 Å². The predicted octanol–water partition coefficient (Wildman–Crippen LogP) is 2.17. The van der Waals surface area contributed by atoms with E-state index in [0.29, 0.717) is 0 Å². The maximum absolute atomic E-state index is 13.6. The van der Waals surface area contributed by atoms with Gasteiger partial charge in [0.15, 0.2) is 0 Å². The first-order valence-electron chi connectivity index (χ1n) is 4.70. The number of nitrogens with two attached hydrogens (primary N) is 1. The van der Waals surface area contributed by atoms with Crippen molar-refractivity contribution in [1.29, 1.82) is 0 Å². The molecule has 0 aliphatic carbocycles. The van der Waals surface area contributed by atoms with Crippen LogP contribution in [0.1, 0.15) is 19.4 Å². The van der Waals surface area contributed by atoms with Gasteiger partial charge in [-0.25, -0.2) is 4.39 Å². The summed E-state index contributed by atoms with van der Waals surface area (Å²) >= 11 is 5.62. The Kier molecular flexibility index (Phi) is 3.55. The highest BCUT2D eigenvalue weighted by atomic mass is 35.5. The largest absolute Gasteiger partial charge is 0.480 e. The summed E-state index contributed by atoms with van der Waals surface area (Å²) in [5.41, 5.74) is 4.78. The fourth-order valence-electron chi connectivity index (χ4n) is 1.49. The standard InChI is InChI=1S/C11H13ClFNO2/c1-11(2,9(14)10(15)16)7-4-3-6(12)5-8(7)13/h3-5,9H,14H2,1-2H3,(H,15,16). The molecule has 1 atom stereocenters. The highest BCUT2D eigenvalue weighted by molar-refractivity contribution is 6.30. The molecule has 0 aliphatic rings. The Hall–Kier alpha value is -1.13. The smallest absolute Gasteiger partial charge is 0.321 e. The van der Waals surface area contributed by atoms with E-state index >= 15 is 0 Å². The van der Waals surface area contributed by atoms with Crippen molar-refractivity contribution in [3.8, 4) is 0 Å². The van der Waals surface area contributed by atoms with Gasteiger partial charge in [0.05, 0.1) is 0 Å². The molecule has 0 aromatic heterocycles. The van der Waals surface area contributed by atoms with Gasteiger partial charge in [0.2, 0.25) is 0 Å². The second-order valence-corrected chi connectivity index (χ2v) is 4.60. The summed E-state index contributed by atoms with van der Waals surface area (Å²) < 4.78 is 13.6. The van der Waals surface area contributed by atoms with Gasteiger partial charge in [-0.3, -0.25) is 4.79 Å². The van der Waals surface area contributed by atoms with Gasteiger partial charge in [0.25, 0.3) is 0 Å². The quantitative estimate of drug-likeness (QED) is 0.858. The van der Waals surface area contributed by atoms with Gasteiger partial charge < -0.3 is 10.8 Å². The van der Waals surface area contributed by atoms with Crippen molar-refractivity contribution >= 4 is 17.6 Å². The molecule has 0 aliphatic heterocycles. The Bertz CT molecular complexity index is 420. The Morgan fingerprint density at radius 2 is 2.12 bits per heavy atom. The molecule has 16 heavy (non-hydrogen) atoms. The molecule has 88 valence electrons. The van der Waals surface area contributed by atoms with Crippen LogP contribution in [0.5, 0.6) is 0 Å².